The zero-order chi connectivity index (χ0) is 22.6. The zero-order valence-electron chi connectivity index (χ0n) is 19.5. The Morgan fingerprint density at radius 3 is 1.94 bits per heavy atom. The Kier molecular flexibility index (Phi) is 20.5. The molecular weight excluding hydrogens is 434 g/mol. The molecular formula is C24H42ClNO6. The molecule has 1 rings (SSSR count). The van der Waals surface area contributed by atoms with Crippen LogP contribution in [0, 0.1) is 0 Å². The predicted octanol–water partition coefficient (Wildman–Crippen LogP) is 4.76. The summed E-state index contributed by atoms with van der Waals surface area (Å²) in [4.78, 5) is 10.4. The van der Waals surface area contributed by atoms with Gasteiger partial charge in [0.05, 0.1) is 33.0 Å². The maximum atomic E-state index is 10.4. The van der Waals surface area contributed by atoms with E-state index in [1.54, 1.807) is 0 Å². The predicted molar refractivity (Wildman–Crippen MR) is 129 cm³/mol. The van der Waals surface area contributed by atoms with E-state index < -0.39 is 5.97 Å². The molecule has 0 aromatic heterocycles. The number of aliphatic carboxylic acids is 1. The van der Waals surface area contributed by atoms with Gasteiger partial charge in [-0.3, -0.25) is 4.79 Å². The van der Waals surface area contributed by atoms with Crippen LogP contribution in [0.5, 0.6) is 5.75 Å². The molecule has 0 saturated carbocycles. The van der Waals surface area contributed by atoms with Gasteiger partial charge in [0.25, 0.3) is 0 Å². The molecule has 0 bridgehead atoms. The van der Waals surface area contributed by atoms with Crippen molar-refractivity contribution in [3.8, 4) is 5.75 Å². The molecule has 0 amide bonds. The van der Waals surface area contributed by atoms with E-state index in [9.17, 15) is 4.79 Å². The molecule has 186 valence electrons. The molecule has 0 spiro atoms. The second-order valence-electron chi connectivity index (χ2n) is 7.67. The first-order valence-corrected chi connectivity index (χ1v) is 11.5. The van der Waals surface area contributed by atoms with Gasteiger partial charge in [0.15, 0.2) is 0 Å². The molecule has 7 nitrogen and oxygen atoms in total. The fourth-order valence-electron chi connectivity index (χ4n) is 2.94. The number of hydrogen-bond acceptors (Lipinski definition) is 6. The topological polar surface area (TPSA) is 100 Å². The van der Waals surface area contributed by atoms with E-state index in [4.69, 9.17) is 29.8 Å². The summed E-state index contributed by atoms with van der Waals surface area (Å²) in [7, 11) is 0. The normalized spacial score (nSPS) is 11.7. The Morgan fingerprint density at radius 2 is 1.38 bits per heavy atom. The minimum absolute atomic E-state index is 0. The zero-order valence-corrected chi connectivity index (χ0v) is 20.3. The lowest BCUT2D eigenvalue weighted by Gasteiger charge is -2.10. The number of carboxylic acid groups (broad SMARTS) is 1. The molecule has 1 atom stereocenters. The van der Waals surface area contributed by atoms with Crippen molar-refractivity contribution < 1.29 is 28.8 Å². The lowest BCUT2D eigenvalue weighted by Crippen LogP contribution is -2.10. The molecule has 1 aromatic rings. The number of carbonyl (C=O) groups is 1. The number of halogens is 1. The van der Waals surface area contributed by atoms with E-state index >= 15 is 0 Å². The summed E-state index contributed by atoms with van der Waals surface area (Å²) < 4.78 is 22.3. The van der Waals surface area contributed by atoms with E-state index in [0.29, 0.717) is 39.5 Å². The Balaban J connectivity index is 0.00000961. The van der Waals surface area contributed by atoms with Gasteiger partial charge in [-0.25, -0.2) is 0 Å². The van der Waals surface area contributed by atoms with Gasteiger partial charge in [0.1, 0.15) is 5.75 Å². The summed E-state index contributed by atoms with van der Waals surface area (Å²) in [5.41, 5.74) is 6.99. The first kappa shape index (κ1) is 30.6. The molecule has 3 N–H and O–H groups in total. The summed E-state index contributed by atoms with van der Waals surface area (Å²) in [6.07, 6.45) is 7.06. The van der Waals surface area contributed by atoms with Crippen LogP contribution in [-0.4, -0.2) is 57.3 Å². The average molecular weight is 476 g/mol. The van der Waals surface area contributed by atoms with E-state index in [-0.39, 0.29) is 24.9 Å². The number of ether oxygens (including phenoxy) is 4. The van der Waals surface area contributed by atoms with Crippen LogP contribution < -0.4 is 10.5 Å². The highest BCUT2D eigenvalue weighted by molar-refractivity contribution is 5.85. The second-order valence-corrected chi connectivity index (χ2v) is 7.67. The van der Waals surface area contributed by atoms with Crippen LogP contribution in [0.25, 0.3) is 0 Å². The third-order valence-corrected chi connectivity index (χ3v) is 4.76. The molecule has 0 unspecified atom stereocenters. The first-order chi connectivity index (χ1) is 15.1. The van der Waals surface area contributed by atoms with Gasteiger partial charge in [-0.15, -0.1) is 12.4 Å². The van der Waals surface area contributed by atoms with Crippen molar-refractivity contribution in [1.29, 1.82) is 0 Å². The highest BCUT2D eigenvalue weighted by atomic mass is 35.5. The lowest BCUT2D eigenvalue weighted by atomic mass is 10.1. The molecule has 0 fully saturated rings. The number of benzene rings is 1. The van der Waals surface area contributed by atoms with Crippen LogP contribution in [0.15, 0.2) is 24.3 Å². The Bertz CT molecular complexity index is 573. The maximum absolute atomic E-state index is 10.4. The van der Waals surface area contributed by atoms with Gasteiger partial charge in [0, 0.05) is 25.7 Å². The Hall–Kier alpha value is -1.38. The fraction of sp³-hybridized carbons (Fsp3) is 0.708. The van der Waals surface area contributed by atoms with Crippen molar-refractivity contribution >= 4 is 18.4 Å². The van der Waals surface area contributed by atoms with Crippen LogP contribution in [0.4, 0.5) is 0 Å². The number of carboxylic acids is 1. The standard InChI is InChI=1S/C24H41NO6.ClH/c1-21(25)22-10-9-11-23(20-22)31-15-8-3-2-6-13-28-16-18-30-19-17-29-14-7-4-5-12-24(26)27;/h9-11,20-21H,2-8,12-19,25H2,1H3,(H,26,27);1H/t21-;/m0./s1. The van der Waals surface area contributed by atoms with E-state index in [1.807, 2.05) is 31.2 Å². The average Bonchev–Trinajstić information content (AvgIpc) is 2.75. The molecule has 0 aliphatic heterocycles. The van der Waals surface area contributed by atoms with E-state index in [0.717, 1.165) is 63.1 Å². The quantitative estimate of drug-likeness (QED) is 0.247. The van der Waals surface area contributed by atoms with Crippen molar-refractivity contribution in [3.05, 3.63) is 29.8 Å². The van der Waals surface area contributed by atoms with Crippen molar-refractivity contribution in [2.75, 3.05) is 46.2 Å². The second kappa shape index (κ2) is 21.5. The molecule has 0 aliphatic rings. The number of rotatable bonds is 21. The molecule has 0 radical (unpaired) electrons. The molecule has 32 heavy (non-hydrogen) atoms. The summed E-state index contributed by atoms with van der Waals surface area (Å²) in [6.45, 7) is 6.42. The van der Waals surface area contributed by atoms with Crippen LogP contribution >= 0.6 is 12.4 Å². The van der Waals surface area contributed by atoms with E-state index in [1.165, 1.54) is 0 Å². The van der Waals surface area contributed by atoms with Crippen molar-refractivity contribution in [3.63, 3.8) is 0 Å². The minimum Gasteiger partial charge on any atom is -0.494 e. The van der Waals surface area contributed by atoms with Gasteiger partial charge < -0.3 is 29.8 Å². The molecule has 0 aliphatic carbocycles. The smallest absolute Gasteiger partial charge is 0.303 e. The van der Waals surface area contributed by atoms with Crippen LogP contribution in [-0.2, 0) is 19.0 Å². The maximum Gasteiger partial charge on any atom is 0.303 e. The molecule has 0 saturated heterocycles. The van der Waals surface area contributed by atoms with Crippen LogP contribution in [0.1, 0.15) is 69.9 Å². The summed E-state index contributed by atoms with van der Waals surface area (Å²) in [5.74, 6) is 0.154. The summed E-state index contributed by atoms with van der Waals surface area (Å²) >= 11 is 0. The number of unbranched alkanes of at least 4 members (excludes halogenated alkanes) is 5. The highest BCUT2D eigenvalue weighted by Gasteiger charge is 2.01. The number of hydrogen-bond donors (Lipinski definition) is 2. The minimum atomic E-state index is -0.735. The number of nitrogens with two attached hydrogens (primary N) is 1. The van der Waals surface area contributed by atoms with Gasteiger partial charge in [-0.2, -0.15) is 0 Å². The van der Waals surface area contributed by atoms with Gasteiger partial charge in [0.2, 0.25) is 0 Å². The summed E-state index contributed by atoms with van der Waals surface area (Å²) in [6, 6.07) is 8.01. The third kappa shape index (κ3) is 18.2. The largest absolute Gasteiger partial charge is 0.494 e. The first-order valence-electron chi connectivity index (χ1n) is 11.5. The SMILES string of the molecule is C[C@H](N)c1cccc(OCCCCCCOCCOCCOCCCCCC(=O)O)c1.Cl. The monoisotopic (exact) mass is 475 g/mol. The molecule has 0 heterocycles. The van der Waals surface area contributed by atoms with E-state index in [2.05, 4.69) is 0 Å². The Morgan fingerprint density at radius 1 is 0.844 bits per heavy atom. The Labute approximate surface area is 199 Å². The summed E-state index contributed by atoms with van der Waals surface area (Å²) in [5, 5.41) is 8.54. The van der Waals surface area contributed by atoms with Crippen molar-refractivity contribution in [1.82, 2.24) is 0 Å². The van der Waals surface area contributed by atoms with Crippen molar-refractivity contribution in [2.24, 2.45) is 5.73 Å². The molecule has 1 aromatic carbocycles. The van der Waals surface area contributed by atoms with Gasteiger partial charge >= 0.3 is 5.97 Å². The fourth-order valence-corrected chi connectivity index (χ4v) is 2.94. The lowest BCUT2D eigenvalue weighted by molar-refractivity contribution is -0.137. The highest BCUT2D eigenvalue weighted by Crippen LogP contribution is 2.18. The third-order valence-electron chi connectivity index (χ3n) is 4.76. The molecule has 8 heteroatoms. The van der Waals surface area contributed by atoms with Crippen molar-refractivity contribution in [2.45, 2.75) is 64.3 Å². The van der Waals surface area contributed by atoms with Crippen LogP contribution in [0.3, 0.4) is 0 Å². The van der Waals surface area contributed by atoms with Crippen LogP contribution in [0.2, 0.25) is 0 Å². The van der Waals surface area contributed by atoms with Gasteiger partial charge in [-0.1, -0.05) is 25.0 Å². The van der Waals surface area contributed by atoms with Gasteiger partial charge in [-0.05, 0) is 56.7 Å².